The molecule has 1 atom stereocenters. The van der Waals surface area contributed by atoms with Gasteiger partial charge < -0.3 is 19.1 Å². The Hall–Kier alpha value is -2.90. The number of alkyl halides is 3. The fourth-order valence-corrected chi connectivity index (χ4v) is 3.45. The van der Waals surface area contributed by atoms with Crippen molar-refractivity contribution in [1.82, 2.24) is 4.90 Å². The molecule has 1 fully saturated rings. The average molecular weight is 409 g/mol. The van der Waals surface area contributed by atoms with Gasteiger partial charge in [0.15, 0.2) is 6.61 Å². The van der Waals surface area contributed by atoms with Gasteiger partial charge in [0, 0.05) is 23.7 Å². The monoisotopic (exact) mass is 409 g/mol. The van der Waals surface area contributed by atoms with Gasteiger partial charge in [-0.2, -0.15) is 13.2 Å². The van der Waals surface area contributed by atoms with E-state index in [0.717, 1.165) is 18.4 Å². The number of hydrogen-bond acceptors (Lipinski definition) is 4. The van der Waals surface area contributed by atoms with Crippen LogP contribution in [0.3, 0.4) is 0 Å². The molecule has 2 aromatic carbocycles. The van der Waals surface area contributed by atoms with E-state index in [1.165, 1.54) is 24.3 Å². The molecule has 29 heavy (non-hydrogen) atoms. The van der Waals surface area contributed by atoms with Crippen molar-refractivity contribution in [3.63, 3.8) is 0 Å². The number of likely N-dealkylation sites (tertiary alicyclic amines) is 1. The van der Waals surface area contributed by atoms with Crippen molar-refractivity contribution in [2.45, 2.75) is 25.1 Å². The highest BCUT2D eigenvalue weighted by Gasteiger charge is 2.33. The zero-order chi connectivity index (χ0) is 21.0. The average Bonchev–Trinajstić information content (AvgIpc) is 3.20. The third-order valence-electron chi connectivity index (χ3n) is 4.82. The van der Waals surface area contributed by atoms with Crippen LogP contribution in [-0.4, -0.2) is 44.4 Å². The van der Waals surface area contributed by atoms with E-state index in [1.54, 1.807) is 25.2 Å². The van der Waals surface area contributed by atoms with Gasteiger partial charge in [0.1, 0.15) is 17.2 Å². The van der Waals surface area contributed by atoms with E-state index in [1.807, 2.05) is 12.1 Å². The second kappa shape index (κ2) is 8.63. The van der Waals surface area contributed by atoms with Crippen LogP contribution in [0, 0.1) is 0 Å². The van der Waals surface area contributed by atoms with E-state index >= 15 is 0 Å². The Morgan fingerprint density at radius 2 is 1.76 bits per heavy atom. The Bertz CT molecular complexity index is 852. The lowest BCUT2D eigenvalue weighted by Crippen LogP contribution is -2.30. The lowest BCUT2D eigenvalue weighted by molar-refractivity contribution is -0.153. The van der Waals surface area contributed by atoms with Crippen LogP contribution in [-0.2, 0) is 0 Å². The molecule has 0 spiro atoms. The molecular formula is C21H22F3NO4. The van der Waals surface area contributed by atoms with Crippen LogP contribution in [0.15, 0.2) is 42.5 Å². The Labute approximate surface area is 167 Å². The normalized spacial score (nSPS) is 16.6. The van der Waals surface area contributed by atoms with E-state index < -0.39 is 12.8 Å². The first kappa shape index (κ1) is 20.8. The van der Waals surface area contributed by atoms with Crippen molar-refractivity contribution in [3.8, 4) is 17.2 Å². The lowest BCUT2D eigenvalue weighted by atomic mass is 10.0. The van der Waals surface area contributed by atoms with Crippen molar-refractivity contribution in [2.75, 3.05) is 27.4 Å². The molecule has 0 radical (unpaired) electrons. The second-order valence-corrected chi connectivity index (χ2v) is 6.69. The first-order valence-electron chi connectivity index (χ1n) is 9.15. The van der Waals surface area contributed by atoms with Crippen molar-refractivity contribution >= 4 is 5.91 Å². The third-order valence-corrected chi connectivity index (χ3v) is 4.82. The summed E-state index contributed by atoms with van der Waals surface area (Å²) >= 11 is 0. The molecule has 1 unspecified atom stereocenters. The van der Waals surface area contributed by atoms with E-state index in [2.05, 4.69) is 0 Å². The van der Waals surface area contributed by atoms with Crippen LogP contribution in [0.1, 0.15) is 34.8 Å². The maximum absolute atomic E-state index is 13.0. The van der Waals surface area contributed by atoms with Crippen LogP contribution in [0.2, 0.25) is 0 Å². The fraction of sp³-hybridized carbons (Fsp3) is 0.381. The Kier molecular flexibility index (Phi) is 6.20. The van der Waals surface area contributed by atoms with Gasteiger partial charge in [-0.1, -0.05) is 0 Å². The number of hydrogen-bond donors (Lipinski definition) is 0. The van der Waals surface area contributed by atoms with Crippen LogP contribution in [0.25, 0.3) is 0 Å². The quantitative estimate of drug-likeness (QED) is 0.699. The largest absolute Gasteiger partial charge is 0.497 e. The van der Waals surface area contributed by atoms with Crippen LogP contribution < -0.4 is 14.2 Å². The molecule has 1 heterocycles. The molecule has 5 nitrogen and oxygen atoms in total. The van der Waals surface area contributed by atoms with Crippen molar-refractivity contribution in [2.24, 2.45) is 0 Å². The topological polar surface area (TPSA) is 48.0 Å². The molecule has 1 aliphatic heterocycles. The molecule has 8 heteroatoms. The molecule has 156 valence electrons. The van der Waals surface area contributed by atoms with E-state index in [9.17, 15) is 18.0 Å². The second-order valence-electron chi connectivity index (χ2n) is 6.69. The maximum atomic E-state index is 13.0. The SMILES string of the molecule is COc1ccc(C2CCCN2C(=O)c2ccc(OCC(F)(F)F)cc2)c(OC)c1. The Balaban J connectivity index is 1.77. The molecule has 3 rings (SSSR count). The van der Waals surface area contributed by atoms with Crippen LogP contribution in [0.4, 0.5) is 13.2 Å². The summed E-state index contributed by atoms with van der Waals surface area (Å²) in [7, 11) is 3.14. The molecule has 0 bridgehead atoms. The number of ether oxygens (including phenoxy) is 3. The molecule has 1 saturated heterocycles. The van der Waals surface area contributed by atoms with Gasteiger partial charge in [0.25, 0.3) is 5.91 Å². The van der Waals surface area contributed by atoms with Gasteiger partial charge in [-0.15, -0.1) is 0 Å². The number of methoxy groups -OCH3 is 2. The highest BCUT2D eigenvalue weighted by atomic mass is 19.4. The maximum Gasteiger partial charge on any atom is 0.422 e. The third kappa shape index (κ3) is 4.93. The minimum Gasteiger partial charge on any atom is -0.497 e. The Morgan fingerprint density at radius 1 is 1.07 bits per heavy atom. The van der Waals surface area contributed by atoms with Gasteiger partial charge >= 0.3 is 6.18 Å². The number of halogens is 3. The Morgan fingerprint density at radius 3 is 2.38 bits per heavy atom. The number of carbonyl (C=O) groups excluding carboxylic acids is 1. The molecule has 0 saturated carbocycles. The summed E-state index contributed by atoms with van der Waals surface area (Å²) in [5.74, 6) is 1.18. The van der Waals surface area contributed by atoms with E-state index in [-0.39, 0.29) is 17.7 Å². The minimum atomic E-state index is -4.41. The van der Waals surface area contributed by atoms with Crippen molar-refractivity contribution in [3.05, 3.63) is 53.6 Å². The molecule has 0 N–H and O–H groups in total. The standard InChI is InChI=1S/C21H22F3NO4/c1-27-16-9-10-17(19(12-16)28-2)18-4-3-11-25(18)20(26)14-5-7-15(8-6-14)29-13-21(22,23)24/h5-10,12,18H,3-4,11,13H2,1-2H3. The van der Waals surface area contributed by atoms with Crippen LogP contribution in [0.5, 0.6) is 17.2 Å². The first-order valence-corrected chi connectivity index (χ1v) is 9.15. The summed E-state index contributed by atoms with van der Waals surface area (Å²) in [5.41, 5.74) is 1.29. The van der Waals surface area contributed by atoms with Crippen molar-refractivity contribution in [1.29, 1.82) is 0 Å². The first-order chi connectivity index (χ1) is 13.8. The lowest BCUT2D eigenvalue weighted by Gasteiger charge is -2.26. The number of carbonyl (C=O) groups is 1. The summed E-state index contributed by atoms with van der Waals surface area (Å²) in [6.45, 7) is -0.781. The minimum absolute atomic E-state index is 0.0636. The van der Waals surface area contributed by atoms with Crippen LogP contribution >= 0.6 is 0 Å². The van der Waals surface area contributed by atoms with Gasteiger partial charge in [-0.25, -0.2) is 0 Å². The molecule has 1 amide bonds. The number of amides is 1. The van der Waals surface area contributed by atoms with E-state index in [0.29, 0.717) is 23.6 Å². The summed E-state index contributed by atoms with van der Waals surface area (Å²) in [5, 5.41) is 0. The number of nitrogens with zero attached hydrogens (tertiary/aromatic N) is 1. The molecule has 1 aliphatic rings. The van der Waals surface area contributed by atoms with Gasteiger partial charge in [0.2, 0.25) is 0 Å². The highest BCUT2D eigenvalue weighted by Crippen LogP contribution is 2.39. The smallest absolute Gasteiger partial charge is 0.422 e. The molecule has 0 aromatic heterocycles. The van der Waals surface area contributed by atoms with E-state index in [4.69, 9.17) is 14.2 Å². The molecule has 2 aromatic rings. The zero-order valence-corrected chi connectivity index (χ0v) is 16.2. The predicted molar refractivity (Wildman–Crippen MR) is 101 cm³/mol. The summed E-state index contributed by atoms with van der Waals surface area (Å²) in [4.78, 5) is 14.8. The predicted octanol–water partition coefficient (Wildman–Crippen LogP) is 4.62. The summed E-state index contributed by atoms with van der Waals surface area (Å²) in [6, 6.07) is 11.1. The van der Waals surface area contributed by atoms with Gasteiger partial charge in [-0.3, -0.25) is 4.79 Å². The number of benzene rings is 2. The molecule has 0 aliphatic carbocycles. The van der Waals surface area contributed by atoms with Gasteiger partial charge in [-0.05, 0) is 49.2 Å². The fourth-order valence-electron chi connectivity index (χ4n) is 3.45. The summed E-state index contributed by atoms with van der Waals surface area (Å²) in [6.07, 6.45) is -2.77. The highest BCUT2D eigenvalue weighted by molar-refractivity contribution is 5.94. The number of rotatable bonds is 6. The van der Waals surface area contributed by atoms with Crippen molar-refractivity contribution < 1.29 is 32.2 Å². The van der Waals surface area contributed by atoms with Gasteiger partial charge in [0.05, 0.1) is 20.3 Å². The molecular weight excluding hydrogens is 387 g/mol. The summed E-state index contributed by atoms with van der Waals surface area (Å²) < 4.78 is 52.2. The zero-order valence-electron chi connectivity index (χ0n) is 16.2.